The van der Waals surface area contributed by atoms with Crippen LogP contribution >= 0.6 is 11.6 Å². The SMILES string of the molecule is COc1ccc(Cl)cc1C(=O)O[C@H](C)C(=O)Nc1ccc(C)c(F)c1. The summed E-state index contributed by atoms with van der Waals surface area (Å²) in [4.78, 5) is 24.4. The summed E-state index contributed by atoms with van der Waals surface area (Å²) in [6, 6.07) is 8.78. The van der Waals surface area contributed by atoms with E-state index in [2.05, 4.69) is 5.32 Å². The van der Waals surface area contributed by atoms with Gasteiger partial charge >= 0.3 is 5.97 Å². The van der Waals surface area contributed by atoms with Crippen molar-refractivity contribution in [1.29, 1.82) is 0 Å². The highest BCUT2D eigenvalue weighted by Gasteiger charge is 2.22. The molecule has 0 aliphatic carbocycles. The summed E-state index contributed by atoms with van der Waals surface area (Å²) in [6.45, 7) is 3.03. The van der Waals surface area contributed by atoms with Gasteiger partial charge < -0.3 is 14.8 Å². The van der Waals surface area contributed by atoms with E-state index in [4.69, 9.17) is 21.1 Å². The van der Waals surface area contributed by atoms with Gasteiger partial charge in [0.25, 0.3) is 5.91 Å². The molecule has 2 aromatic carbocycles. The zero-order chi connectivity index (χ0) is 18.6. The summed E-state index contributed by atoms with van der Waals surface area (Å²) in [5.74, 6) is -1.50. The minimum absolute atomic E-state index is 0.107. The van der Waals surface area contributed by atoms with Crippen molar-refractivity contribution in [2.45, 2.75) is 20.0 Å². The summed E-state index contributed by atoms with van der Waals surface area (Å²) in [6.07, 6.45) is -1.10. The molecule has 2 rings (SSSR count). The number of hydrogen-bond acceptors (Lipinski definition) is 4. The lowest BCUT2D eigenvalue weighted by atomic mass is 10.2. The van der Waals surface area contributed by atoms with Gasteiger partial charge in [-0.25, -0.2) is 9.18 Å². The van der Waals surface area contributed by atoms with Crippen molar-refractivity contribution in [3.8, 4) is 5.75 Å². The predicted octanol–water partition coefficient (Wildman–Crippen LogP) is 3.98. The van der Waals surface area contributed by atoms with Gasteiger partial charge in [0.1, 0.15) is 17.1 Å². The fourth-order valence-electron chi connectivity index (χ4n) is 2.03. The predicted molar refractivity (Wildman–Crippen MR) is 92.6 cm³/mol. The molecule has 0 fully saturated rings. The van der Waals surface area contributed by atoms with Gasteiger partial charge in [-0.05, 0) is 49.7 Å². The fraction of sp³-hybridized carbons (Fsp3) is 0.222. The van der Waals surface area contributed by atoms with Crippen molar-refractivity contribution in [2.75, 3.05) is 12.4 Å². The van der Waals surface area contributed by atoms with Crippen LogP contribution in [0.4, 0.5) is 10.1 Å². The van der Waals surface area contributed by atoms with E-state index in [1.165, 1.54) is 32.2 Å². The third-order valence-electron chi connectivity index (χ3n) is 3.47. The molecule has 0 saturated carbocycles. The summed E-state index contributed by atoms with van der Waals surface area (Å²) >= 11 is 5.87. The molecule has 7 heteroatoms. The Morgan fingerprint density at radius 3 is 2.56 bits per heavy atom. The maximum absolute atomic E-state index is 13.5. The second-order valence-corrected chi connectivity index (χ2v) is 5.78. The summed E-state index contributed by atoms with van der Waals surface area (Å²) in [5.41, 5.74) is 0.845. The Hall–Kier alpha value is -2.60. The second kappa shape index (κ2) is 7.98. The van der Waals surface area contributed by atoms with E-state index in [-0.39, 0.29) is 17.0 Å². The van der Waals surface area contributed by atoms with E-state index in [0.29, 0.717) is 10.6 Å². The standard InChI is InChI=1S/C18H17ClFNO4/c1-10-4-6-13(9-15(10)20)21-17(22)11(2)25-18(23)14-8-12(19)5-7-16(14)24-3/h4-9,11H,1-3H3,(H,21,22)/t11-/m1/s1. The van der Waals surface area contributed by atoms with Gasteiger partial charge in [0.05, 0.1) is 7.11 Å². The van der Waals surface area contributed by atoms with Crippen molar-refractivity contribution in [3.05, 3.63) is 58.4 Å². The van der Waals surface area contributed by atoms with E-state index >= 15 is 0 Å². The summed E-state index contributed by atoms with van der Waals surface area (Å²) in [5, 5.41) is 2.83. The molecule has 132 valence electrons. The molecule has 0 aromatic heterocycles. The smallest absolute Gasteiger partial charge is 0.342 e. The van der Waals surface area contributed by atoms with E-state index in [1.807, 2.05) is 0 Å². The third kappa shape index (κ3) is 4.70. The molecule has 0 unspecified atom stereocenters. The van der Waals surface area contributed by atoms with Gasteiger partial charge in [0.15, 0.2) is 6.10 Å². The minimum Gasteiger partial charge on any atom is -0.496 e. The maximum Gasteiger partial charge on any atom is 0.342 e. The number of methoxy groups -OCH3 is 1. The topological polar surface area (TPSA) is 64.6 Å². The molecule has 0 aliphatic rings. The lowest BCUT2D eigenvalue weighted by Gasteiger charge is -2.15. The summed E-state index contributed by atoms with van der Waals surface area (Å²) in [7, 11) is 1.40. The number of carbonyl (C=O) groups excluding carboxylic acids is 2. The average Bonchev–Trinajstić information content (AvgIpc) is 2.58. The number of halogens is 2. The van der Waals surface area contributed by atoms with Crippen molar-refractivity contribution in [2.24, 2.45) is 0 Å². The lowest BCUT2D eigenvalue weighted by Crippen LogP contribution is -2.30. The van der Waals surface area contributed by atoms with Crippen LogP contribution in [0.5, 0.6) is 5.75 Å². The number of esters is 1. The van der Waals surface area contributed by atoms with Crippen LogP contribution in [-0.4, -0.2) is 25.1 Å². The van der Waals surface area contributed by atoms with Crippen LogP contribution in [0, 0.1) is 12.7 Å². The molecule has 0 heterocycles. The maximum atomic E-state index is 13.5. The number of hydrogen-bond donors (Lipinski definition) is 1. The van der Waals surface area contributed by atoms with Gasteiger partial charge in [0.2, 0.25) is 0 Å². The highest BCUT2D eigenvalue weighted by molar-refractivity contribution is 6.31. The Balaban J connectivity index is 2.06. The Morgan fingerprint density at radius 2 is 1.92 bits per heavy atom. The first-order valence-electron chi connectivity index (χ1n) is 7.43. The molecule has 0 spiro atoms. The monoisotopic (exact) mass is 365 g/mol. The van der Waals surface area contributed by atoms with Gasteiger partial charge in [0, 0.05) is 10.7 Å². The highest BCUT2D eigenvalue weighted by Crippen LogP contribution is 2.24. The number of nitrogens with one attached hydrogen (secondary N) is 1. The van der Waals surface area contributed by atoms with Crippen LogP contribution < -0.4 is 10.1 Å². The molecule has 0 saturated heterocycles. The van der Waals surface area contributed by atoms with Gasteiger partial charge in [-0.1, -0.05) is 17.7 Å². The second-order valence-electron chi connectivity index (χ2n) is 5.35. The Morgan fingerprint density at radius 1 is 1.20 bits per heavy atom. The molecule has 0 radical (unpaired) electrons. The zero-order valence-corrected chi connectivity index (χ0v) is 14.7. The third-order valence-corrected chi connectivity index (χ3v) is 3.71. The van der Waals surface area contributed by atoms with Crippen molar-refractivity contribution in [1.82, 2.24) is 0 Å². The number of benzene rings is 2. The zero-order valence-electron chi connectivity index (χ0n) is 13.9. The number of rotatable bonds is 5. The molecule has 5 nitrogen and oxygen atoms in total. The van der Waals surface area contributed by atoms with E-state index in [0.717, 1.165) is 0 Å². The Labute approximate surface area is 149 Å². The highest BCUT2D eigenvalue weighted by atomic mass is 35.5. The molecule has 0 bridgehead atoms. The summed E-state index contributed by atoms with van der Waals surface area (Å²) < 4.78 is 23.7. The normalized spacial score (nSPS) is 11.6. The van der Waals surface area contributed by atoms with E-state index in [9.17, 15) is 14.0 Å². The largest absolute Gasteiger partial charge is 0.496 e. The van der Waals surface area contributed by atoms with Crippen molar-refractivity contribution < 1.29 is 23.5 Å². The molecule has 25 heavy (non-hydrogen) atoms. The number of amides is 1. The van der Waals surface area contributed by atoms with Gasteiger partial charge in [-0.3, -0.25) is 4.79 Å². The van der Waals surface area contributed by atoms with Crippen LogP contribution in [0.2, 0.25) is 5.02 Å². The van der Waals surface area contributed by atoms with E-state index in [1.54, 1.807) is 25.1 Å². The van der Waals surface area contributed by atoms with Crippen LogP contribution in [0.15, 0.2) is 36.4 Å². The number of ether oxygens (including phenoxy) is 2. The van der Waals surface area contributed by atoms with Crippen LogP contribution in [0.25, 0.3) is 0 Å². The molecule has 0 aliphatic heterocycles. The lowest BCUT2D eigenvalue weighted by molar-refractivity contribution is -0.123. The first kappa shape index (κ1) is 18.7. The quantitative estimate of drug-likeness (QED) is 0.814. The van der Waals surface area contributed by atoms with Gasteiger partial charge in [-0.2, -0.15) is 0 Å². The molecule has 1 N–H and O–H groups in total. The molecule has 1 amide bonds. The van der Waals surface area contributed by atoms with Crippen LogP contribution in [0.3, 0.4) is 0 Å². The van der Waals surface area contributed by atoms with Crippen LogP contribution in [0.1, 0.15) is 22.8 Å². The first-order valence-corrected chi connectivity index (χ1v) is 7.81. The molecular weight excluding hydrogens is 349 g/mol. The van der Waals surface area contributed by atoms with E-state index < -0.39 is 23.8 Å². The fourth-order valence-corrected chi connectivity index (χ4v) is 2.20. The van der Waals surface area contributed by atoms with Gasteiger partial charge in [-0.15, -0.1) is 0 Å². The Bertz CT molecular complexity index is 810. The Kier molecular flexibility index (Phi) is 5.98. The number of carbonyl (C=O) groups is 2. The molecular formula is C18H17ClFNO4. The first-order chi connectivity index (χ1) is 11.8. The minimum atomic E-state index is -1.10. The number of aryl methyl sites for hydroxylation is 1. The average molecular weight is 366 g/mol. The molecule has 2 aromatic rings. The number of anilines is 1. The van der Waals surface area contributed by atoms with Crippen LogP contribution in [-0.2, 0) is 9.53 Å². The molecule has 1 atom stereocenters. The van der Waals surface area contributed by atoms with Crippen molar-refractivity contribution >= 4 is 29.2 Å². The van der Waals surface area contributed by atoms with Crippen molar-refractivity contribution in [3.63, 3.8) is 0 Å².